The second kappa shape index (κ2) is 10.1. The third kappa shape index (κ3) is 4.88. The van der Waals surface area contributed by atoms with Gasteiger partial charge < -0.3 is 14.8 Å². The number of nitrogens with one attached hydrogen (secondary N) is 1. The fraction of sp³-hybridized carbons (Fsp3) is 0.261. The molecule has 0 aliphatic carbocycles. The van der Waals surface area contributed by atoms with Gasteiger partial charge in [-0.2, -0.15) is 0 Å². The van der Waals surface area contributed by atoms with E-state index in [0.29, 0.717) is 18.0 Å². The average molecular weight is 443 g/mol. The third-order valence-corrected chi connectivity index (χ3v) is 4.91. The van der Waals surface area contributed by atoms with E-state index in [2.05, 4.69) is 5.32 Å². The number of para-hydroxylation sites is 1. The van der Waals surface area contributed by atoms with Crippen molar-refractivity contribution >= 4 is 40.8 Å². The molecule has 0 bridgehead atoms. The highest BCUT2D eigenvalue weighted by Gasteiger charge is 2.40. The van der Waals surface area contributed by atoms with Crippen LogP contribution in [0.2, 0.25) is 0 Å². The van der Waals surface area contributed by atoms with Crippen molar-refractivity contribution in [3.63, 3.8) is 0 Å². The van der Waals surface area contributed by atoms with Crippen LogP contribution in [0, 0.1) is 0 Å². The standard InChI is InChI=1S/C23H23ClN2O5/c1-3-5-14-31-23(29)17-8-6-7-9-18(17)26-21(27)19(24)20(22(26)28)25-15-10-12-16(13-11-15)30-4-2/h6-13,25H,3-5,14H2,1-2H3. The number of hydrogen-bond donors (Lipinski definition) is 1. The summed E-state index contributed by atoms with van der Waals surface area (Å²) in [4.78, 5) is 39.2. The molecule has 31 heavy (non-hydrogen) atoms. The minimum Gasteiger partial charge on any atom is -0.494 e. The molecule has 2 aromatic carbocycles. The van der Waals surface area contributed by atoms with E-state index in [-0.39, 0.29) is 28.6 Å². The number of anilines is 2. The Labute approximate surface area is 185 Å². The Kier molecular flexibility index (Phi) is 7.31. The van der Waals surface area contributed by atoms with E-state index >= 15 is 0 Å². The number of imide groups is 1. The molecule has 1 N–H and O–H groups in total. The number of carbonyl (C=O) groups is 3. The first-order valence-electron chi connectivity index (χ1n) is 10.0. The lowest BCUT2D eigenvalue weighted by molar-refractivity contribution is -0.120. The minimum absolute atomic E-state index is 0.0648. The SMILES string of the molecule is CCCCOC(=O)c1ccccc1N1C(=O)C(Cl)=C(Nc2ccc(OCC)cc2)C1=O. The zero-order valence-electron chi connectivity index (χ0n) is 17.3. The maximum atomic E-state index is 13.1. The highest BCUT2D eigenvalue weighted by molar-refractivity contribution is 6.53. The number of ether oxygens (including phenoxy) is 2. The van der Waals surface area contributed by atoms with Crippen LogP contribution >= 0.6 is 11.6 Å². The largest absolute Gasteiger partial charge is 0.494 e. The van der Waals surface area contributed by atoms with Crippen LogP contribution in [0.25, 0.3) is 0 Å². The Morgan fingerprint density at radius 2 is 1.74 bits per heavy atom. The topological polar surface area (TPSA) is 84.9 Å². The smallest absolute Gasteiger partial charge is 0.340 e. The van der Waals surface area contributed by atoms with Crippen LogP contribution in [-0.4, -0.2) is 31.0 Å². The van der Waals surface area contributed by atoms with Crippen LogP contribution in [0.15, 0.2) is 59.3 Å². The maximum Gasteiger partial charge on any atom is 0.340 e. The fourth-order valence-electron chi connectivity index (χ4n) is 3.00. The molecule has 1 aliphatic rings. The van der Waals surface area contributed by atoms with Crippen molar-refractivity contribution in [2.45, 2.75) is 26.7 Å². The highest BCUT2D eigenvalue weighted by atomic mass is 35.5. The zero-order valence-corrected chi connectivity index (χ0v) is 18.1. The van der Waals surface area contributed by atoms with Crippen LogP contribution in [0.5, 0.6) is 5.75 Å². The van der Waals surface area contributed by atoms with Gasteiger partial charge in [0.25, 0.3) is 11.8 Å². The van der Waals surface area contributed by atoms with Crippen molar-refractivity contribution in [3.05, 3.63) is 64.8 Å². The van der Waals surface area contributed by atoms with E-state index in [1.54, 1.807) is 36.4 Å². The van der Waals surface area contributed by atoms with Gasteiger partial charge in [-0.05, 0) is 49.7 Å². The first kappa shape index (κ1) is 22.4. The Hall–Kier alpha value is -3.32. The van der Waals surface area contributed by atoms with Gasteiger partial charge in [0.1, 0.15) is 16.5 Å². The number of benzene rings is 2. The summed E-state index contributed by atoms with van der Waals surface area (Å²) in [7, 11) is 0. The van der Waals surface area contributed by atoms with Gasteiger partial charge in [0.2, 0.25) is 0 Å². The molecule has 2 amide bonds. The van der Waals surface area contributed by atoms with Gasteiger partial charge in [0, 0.05) is 5.69 Å². The van der Waals surface area contributed by atoms with E-state index in [4.69, 9.17) is 21.1 Å². The summed E-state index contributed by atoms with van der Waals surface area (Å²) in [6, 6.07) is 13.2. The van der Waals surface area contributed by atoms with E-state index in [0.717, 1.165) is 17.7 Å². The number of nitrogens with zero attached hydrogens (tertiary/aromatic N) is 1. The van der Waals surface area contributed by atoms with E-state index < -0.39 is 17.8 Å². The van der Waals surface area contributed by atoms with Crippen molar-refractivity contribution in [2.24, 2.45) is 0 Å². The molecule has 0 saturated heterocycles. The second-order valence-corrected chi connectivity index (χ2v) is 7.10. The Bertz CT molecular complexity index is 1020. The number of esters is 1. The number of unbranched alkanes of at least 4 members (excludes halogenated alkanes) is 1. The molecule has 0 unspecified atom stereocenters. The minimum atomic E-state index is -0.714. The first-order chi connectivity index (χ1) is 15.0. The summed E-state index contributed by atoms with van der Waals surface area (Å²) >= 11 is 6.20. The van der Waals surface area contributed by atoms with Gasteiger partial charge >= 0.3 is 5.97 Å². The number of hydrogen-bond acceptors (Lipinski definition) is 6. The molecule has 1 aliphatic heterocycles. The molecule has 0 fully saturated rings. The highest BCUT2D eigenvalue weighted by Crippen LogP contribution is 2.32. The van der Waals surface area contributed by atoms with Crippen molar-refractivity contribution in [2.75, 3.05) is 23.4 Å². The van der Waals surface area contributed by atoms with Crippen LogP contribution < -0.4 is 15.0 Å². The first-order valence-corrected chi connectivity index (χ1v) is 10.4. The lowest BCUT2D eigenvalue weighted by Gasteiger charge is -2.18. The molecule has 1 heterocycles. The second-order valence-electron chi connectivity index (χ2n) is 6.72. The normalized spacial score (nSPS) is 13.6. The van der Waals surface area contributed by atoms with Crippen molar-refractivity contribution in [1.82, 2.24) is 0 Å². The maximum absolute atomic E-state index is 13.1. The number of halogens is 1. The molecule has 0 atom stereocenters. The van der Waals surface area contributed by atoms with E-state index in [1.165, 1.54) is 12.1 Å². The van der Waals surface area contributed by atoms with Gasteiger partial charge in [-0.3, -0.25) is 9.59 Å². The molecule has 3 rings (SSSR count). The summed E-state index contributed by atoms with van der Waals surface area (Å²) in [5, 5.41) is 2.64. The number of amides is 2. The molecule has 8 heteroatoms. The molecule has 0 aromatic heterocycles. The predicted molar refractivity (Wildman–Crippen MR) is 118 cm³/mol. The van der Waals surface area contributed by atoms with Gasteiger partial charge in [0.15, 0.2) is 0 Å². The molecule has 162 valence electrons. The summed E-state index contributed by atoms with van der Waals surface area (Å²) in [5.74, 6) is -1.29. The molecular formula is C23H23ClN2O5. The van der Waals surface area contributed by atoms with Gasteiger partial charge in [0.05, 0.1) is 24.5 Å². The average Bonchev–Trinajstić information content (AvgIpc) is 2.98. The molecule has 0 radical (unpaired) electrons. The van der Waals surface area contributed by atoms with Crippen LogP contribution in [0.4, 0.5) is 11.4 Å². The van der Waals surface area contributed by atoms with Crippen molar-refractivity contribution in [3.8, 4) is 5.75 Å². The lowest BCUT2D eigenvalue weighted by atomic mass is 10.1. The molecular weight excluding hydrogens is 420 g/mol. The summed E-state index contributed by atoms with van der Waals surface area (Å²) < 4.78 is 10.7. The quantitative estimate of drug-likeness (QED) is 0.350. The predicted octanol–water partition coefficient (Wildman–Crippen LogP) is 4.48. The Morgan fingerprint density at radius 1 is 1.03 bits per heavy atom. The fourth-order valence-corrected chi connectivity index (χ4v) is 3.22. The summed E-state index contributed by atoms with van der Waals surface area (Å²) in [6.45, 7) is 4.66. The zero-order chi connectivity index (χ0) is 22.4. The van der Waals surface area contributed by atoms with Crippen LogP contribution in [0.3, 0.4) is 0 Å². The molecule has 7 nitrogen and oxygen atoms in total. The Balaban J connectivity index is 1.83. The monoisotopic (exact) mass is 442 g/mol. The van der Waals surface area contributed by atoms with Gasteiger partial charge in [-0.15, -0.1) is 0 Å². The van der Waals surface area contributed by atoms with Gasteiger partial charge in [-0.1, -0.05) is 37.1 Å². The van der Waals surface area contributed by atoms with E-state index in [9.17, 15) is 14.4 Å². The summed E-state index contributed by atoms with van der Waals surface area (Å²) in [6.07, 6.45) is 1.59. The van der Waals surface area contributed by atoms with Gasteiger partial charge in [-0.25, -0.2) is 9.69 Å². The van der Waals surface area contributed by atoms with Crippen molar-refractivity contribution in [1.29, 1.82) is 0 Å². The molecule has 0 spiro atoms. The number of carbonyl (C=O) groups excluding carboxylic acids is 3. The van der Waals surface area contributed by atoms with E-state index in [1.807, 2.05) is 13.8 Å². The number of rotatable bonds is 9. The van der Waals surface area contributed by atoms with Crippen LogP contribution in [-0.2, 0) is 14.3 Å². The Morgan fingerprint density at radius 3 is 2.42 bits per heavy atom. The summed E-state index contributed by atoms with van der Waals surface area (Å²) in [5.41, 5.74) is 0.740. The molecule has 2 aromatic rings. The lowest BCUT2D eigenvalue weighted by Crippen LogP contribution is -2.33. The van der Waals surface area contributed by atoms with Crippen molar-refractivity contribution < 1.29 is 23.9 Å². The molecule has 0 saturated carbocycles. The van der Waals surface area contributed by atoms with Crippen LogP contribution in [0.1, 0.15) is 37.0 Å². The third-order valence-electron chi connectivity index (χ3n) is 4.56.